The molecular formula is C73H120O6. The van der Waals surface area contributed by atoms with Crippen molar-refractivity contribution >= 4 is 17.9 Å². The Morgan fingerprint density at radius 3 is 0.772 bits per heavy atom. The Labute approximate surface area is 487 Å². The Morgan fingerprint density at radius 1 is 0.266 bits per heavy atom. The third-order valence-corrected chi connectivity index (χ3v) is 13.7. The molecule has 0 aliphatic carbocycles. The molecule has 0 fully saturated rings. The van der Waals surface area contributed by atoms with Crippen molar-refractivity contribution in [2.75, 3.05) is 13.2 Å². The number of allylic oxidation sites excluding steroid dienone is 22. The maximum atomic E-state index is 12.9. The van der Waals surface area contributed by atoms with Crippen LogP contribution in [-0.2, 0) is 28.6 Å². The van der Waals surface area contributed by atoms with Gasteiger partial charge in [-0.1, -0.05) is 289 Å². The fourth-order valence-electron chi connectivity index (χ4n) is 8.83. The molecule has 0 N–H and O–H groups in total. The van der Waals surface area contributed by atoms with Gasteiger partial charge in [0, 0.05) is 19.3 Å². The molecule has 79 heavy (non-hydrogen) atoms. The first-order valence-electron chi connectivity index (χ1n) is 32.7. The van der Waals surface area contributed by atoms with Crippen molar-refractivity contribution in [3.05, 3.63) is 134 Å². The summed E-state index contributed by atoms with van der Waals surface area (Å²) in [5.41, 5.74) is 0. The molecule has 0 aliphatic heterocycles. The van der Waals surface area contributed by atoms with Crippen LogP contribution in [0.25, 0.3) is 0 Å². The molecule has 1 atom stereocenters. The van der Waals surface area contributed by atoms with Gasteiger partial charge in [-0.2, -0.15) is 0 Å². The largest absolute Gasteiger partial charge is 0.462 e. The number of hydrogen-bond acceptors (Lipinski definition) is 6. The lowest BCUT2D eigenvalue weighted by molar-refractivity contribution is -0.167. The van der Waals surface area contributed by atoms with Crippen LogP contribution in [-0.4, -0.2) is 37.2 Å². The molecule has 0 radical (unpaired) electrons. The molecule has 0 aliphatic rings. The van der Waals surface area contributed by atoms with Crippen LogP contribution in [0.4, 0.5) is 0 Å². The second-order valence-corrected chi connectivity index (χ2v) is 21.3. The minimum atomic E-state index is -0.785. The van der Waals surface area contributed by atoms with Crippen LogP contribution in [0, 0.1) is 0 Å². The summed E-state index contributed by atoms with van der Waals surface area (Å²) in [7, 11) is 0. The molecule has 0 aromatic carbocycles. The third kappa shape index (κ3) is 64.3. The van der Waals surface area contributed by atoms with E-state index in [-0.39, 0.29) is 31.1 Å². The Morgan fingerprint density at radius 2 is 0.494 bits per heavy atom. The van der Waals surface area contributed by atoms with Crippen LogP contribution in [0.3, 0.4) is 0 Å². The third-order valence-electron chi connectivity index (χ3n) is 13.7. The molecule has 6 heteroatoms. The Kier molecular flexibility index (Phi) is 62.3. The molecule has 0 heterocycles. The zero-order chi connectivity index (χ0) is 57.1. The van der Waals surface area contributed by atoms with Crippen LogP contribution < -0.4 is 0 Å². The highest BCUT2D eigenvalue weighted by Crippen LogP contribution is 2.16. The van der Waals surface area contributed by atoms with E-state index in [0.29, 0.717) is 19.3 Å². The standard InChI is InChI=1S/C73H120O6/c1-4-7-10-13-16-18-20-22-24-26-28-30-32-34-36-38-40-42-44-46-48-50-52-54-57-60-63-66-72(75)78-69-70(68-77-71(74)65-62-59-56-15-12-9-6-3)79-73(76)67-64-61-58-55-53-51-49-47-45-43-41-39-37-35-33-31-29-27-25-23-21-19-17-14-11-8-5-2/h7-8,10-11,16-19,22-25,28-31,34-37,40,42,70H,4-6,9,12-15,20-21,26-27,32-33,38-39,41,43-69H2,1-3H3/b10-7-,11-8-,18-16-,19-17-,24-22-,25-23-,30-28-,31-29-,36-34-,37-35-,42-40-. The summed E-state index contributed by atoms with van der Waals surface area (Å²) in [5, 5.41) is 0. The molecule has 0 aromatic rings. The van der Waals surface area contributed by atoms with Gasteiger partial charge in [0.1, 0.15) is 13.2 Å². The van der Waals surface area contributed by atoms with Crippen molar-refractivity contribution in [2.45, 2.75) is 297 Å². The van der Waals surface area contributed by atoms with Crippen molar-refractivity contribution in [1.29, 1.82) is 0 Å². The second kappa shape index (κ2) is 66.1. The van der Waals surface area contributed by atoms with Crippen LogP contribution in [0.5, 0.6) is 0 Å². The van der Waals surface area contributed by atoms with Crippen molar-refractivity contribution in [3.63, 3.8) is 0 Å². The maximum Gasteiger partial charge on any atom is 0.306 e. The van der Waals surface area contributed by atoms with E-state index in [0.717, 1.165) is 135 Å². The Bertz CT molecular complexity index is 1680. The molecular weight excluding hydrogens is 973 g/mol. The van der Waals surface area contributed by atoms with Gasteiger partial charge in [-0.15, -0.1) is 0 Å². The number of carbonyl (C=O) groups excluding carboxylic acids is 3. The van der Waals surface area contributed by atoms with E-state index >= 15 is 0 Å². The molecule has 0 saturated carbocycles. The van der Waals surface area contributed by atoms with Crippen LogP contribution in [0.15, 0.2) is 134 Å². The van der Waals surface area contributed by atoms with Crippen LogP contribution in [0.1, 0.15) is 290 Å². The normalized spacial score (nSPS) is 13.0. The van der Waals surface area contributed by atoms with Gasteiger partial charge in [0.15, 0.2) is 6.10 Å². The zero-order valence-electron chi connectivity index (χ0n) is 51.3. The monoisotopic (exact) mass is 1090 g/mol. The van der Waals surface area contributed by atoms with Gasteiger partial charge >= 0.3 is 17.9 Å². The predicted octanol–water partition coefficient (Wildman–Crippen LogP) is 22.5. The lowest BCUT2D eigenvalue weighted by atomic mass is 10.0. The van der Waals surface area contributed by atoms with Crippen molar-refractivity contribution in [3.8, 4) is 0 Å². The Hall–Kier alpha value is -4.45. The number of hydrogen-bond donors (Lipinski definition) is 0. The van der Waals surface area contributed by atoms with E-state index in [4.69, 9.17) is 14.2 Å². The minimum Gasteiger partial charge on any atom is -0.462 e. The van der Waals surface area contributed by atoms with Crippen molar-refractivity contribution in [2.24, 2.45) is 0 Å². The summed E-state index contributed by atoms with van der Waals surface area (Å²) < 4.78 is 16.8. The predicted molar refractivity (Wildman–Crippen MR) is 343 cm³/mol. The number of ether oxygens (including phenoxy) is 3. The SMILES string of the molecule is CC/C=C\C/C=C\C/C=C\C/C=C\C/C=C\C/C=C\CCCCCCCCCCC(=O)OCC(COC(=O)CCCCCCCCC)OC(=O)CCCCCCCCCCCCC/C=C\C/C=C\C/C=C\C/C=C\C/C=C\CC. The van der Waals surface area contributed by atoms with Gasteiger partial charge in [-0.25, -0.2) is 0 Å². The van der Waals surface area contributed by atoms with Crippen LogP contribution in [0.2, 0.25) is 0 Å². The van der Waals surface area contributed by atoms with E-state index < -0.39 is 6.10 Å². The summed E-state index contributed by atoms with van der Waals surface area (Å²) in [6.07, 6.45) is 93.4. The minimum absolute atomic E-state index is 0.0833. The van der Waals surface area contributed by atoms with Gasteiger partial charge < -0.3 is 14.2 Å². The first-order valence-corrected chi connectivity index (χ1v) is 32.7. The van der Waals surface area contributed by atoms with Gasteiger partial charge in [-0.3, -0.25) is 14.4 Å². The highest BCUT2D eigenvalue weighted by molar-refractivity contribution is 5.71. The average molecular weight is 1090 g/mol. The van der Waals surface area contributed by atoms with E-state index in [1.807, 2.05) is 0 Å². The van der Waals surface area contributed by atoms with Crippen LogP contribution >= 0.6 is 0 Å². The molecule has 0 amide bonds. The van der Waals surface area contributed by atoms with Gasteiger partial charge in [0.2, 0.25) is 0 Å². The molecule has 0 rings (SSSR count). The summed E-state index contributed by atoms with van der Waals surface area (Å²) in [5.74, 6) is -0.899. The summed E-state index contributed by atoms with van der Waals surface area (Å²) >= 11 is 0. The number of unbranched alkanes of at least 4 members (excludes halogenated alkanes) is 25. The van der Waals surface area contributed by atoms with Gasteiger partial charge in [0.25, 0.3) is 0 Å². The number of carbonyl (C=O) groups is 3. The molecule has 0 saturated heterocycles. The molecule has 0 bridgehead atoms. The lowest BCUT2D eigenvalue weighted by Crippen LogP contribution is -2.30. The molecule has 0 aromatic heterocycles. The van der Waals surface area contributed by atoms with E-state index in [2.05, 4.69) is 154 Å². The smallest absolute Gasteiger partial charge is 0.306 e. The van der Waals surface area contributed by atoms with E-state index in [1.54, 1.807) is 0 Å². The van der Waals surface area contributed by atoms with E-state index in [1.165, 1.54) is 116 Å². The first kappa shape index (κ1) is 74.5. The molecule has 6 nitrogen and oxygen atoms in total. The van der Waals surface area contributed by atoms with Crippen molar-refractivity contribution < 1.29 is 28.6 Å². The lowest BCUT2D eigenvalue weighted by Gasteiger charge is -2.18. The quantitative estimate of drug-likeness (QED) is 0.0261. The fraction of sp³-hybridized carbons (Fsp3) is 0.658. The van der Waals surface area contributed by atoms with Gasteiger partial charge in [0.05, 0.1) is 0 Å². The summed E-state index contributed by atoms with van der Waals surface area (Å²) in [6, 6.07) is 0. The average Bonchev–Trinajstić information content (AvgIpc) is 3.45. The van der Waals surface area contributed by atoms with Gasteiger partial charge in [-0.05, 0) is 116 Å². The first-order chi connectivity index (χ1) is 39.0. The molecule has 1 unspecified atom stereocenters. The Balaban J connectivity index is 4.18. The number of rotatable bonds is 58. The molecule has 0 spiro atoms. The van der Waals surface area contributed by atoms with E-state index in [9.17, 15) is 14.4 Å². The summed E-state index contributed by atoms with van der Waals surface area (Å²) in [6.45, 7) is 6.37. The topological polar surface area (TPSA) is 78.9 Å². The summed E-state index contributed by atoms with van der Waals surface area (Å²) in [4.78, 5) is 38.1. The zero-order valence-corrected chi connectivity index (χ0v) is 51.3. The number of esters is 3. The second-order valence-electron chi connectivity index (χ2n) is 21.3. The van der Waals surface area contributed by atoms with Crippen molar-refractivity contribution in [1.82, 2.24) is 0 Å². The fourth-order valence-corrected chi connectivity index (χ4v) is 8.83. The maximum absolute atomic E-state index is 12.9. The highest BCUT2D eigenvalue weighted by Gasteiger charge is 2.19. The highest BCUT2D eigenvalue weighted by atomic mass is 16.6. The molecule has 448 valence electrons.